The molecule has 2 aromatic rings. The van der Waals surface area contributed by atoms with E-state index in [1.807, 2.05) is 36.1 Å². The zero-order valence-corrected chi connectivity index (χ0v) is 11.9. The van der Waals surface area contributed by atoms with Gasteiger partial charge in [0.05, 0.1) is 5.69 Å². The van der Waals surface area contributed by atoms with E-state index in [4.69, 9.17) is 11.6 Å². The number of aromatic nitrogens is 2. The molecule has 17 heavy (non-hydrogen) atoms. The van der Waals surface area contributed by atoms with Gasteiger partial charge in [0, 0.05) is 29.5 Å². The van der Waals surface area contributed by atoms with Crippen LogP contribution in [0.4, 0.5) is 0 Å². The number of hydrogen-bond acceptors (Lipinski definition) is 1. The van der Waals surface area contributed by atoms with E-state index < -0.39 is 0 Å². The summed E-state index contributed by atoms with van der Waals surface area (Å²) in [5, 5.41) is 4.39. The highest BCUT2D eigenvalue weighted by Gasteiger charge is 2.12. The number of alkyl halides is 1. The van der Waals surface area contributed by atoms with E-state index in [-0.39, 0.29) is 0 Å². The van der Waals surface area contributed by atoms with Gasteiger partial charge in [0.25, 0.3) is 0 Å². The Morgan fingerprint density at radius 2 is 2.00 bits per heavy atom. The van der Waals surface area contributed by atoms with Crippen LogP contribution in [-0.2, 0) is 13.5 Å². The van der Waals surface area contributed by atoms with Gasteiger partial charge in [-0.15, -0.1) is 11.6 Å². The molecule has 0 amide bonds. The lowest BCUT2D eigenvalue weighted by Crippen LogP contribution is -2.05. The number of aryl methyl sites for hydroxylation is 1. The lowest BCUT2D eigenvalue weighted by Gasteiger charge is -2.12. The summed E-state index contributed by atoms with van der Waals surface area (Å²) >= 11 is 9.49. The van der Waals surface area contributed by atoms with Gasteiger partial charge in [-0.25, -0.2) is 0 Å². The predicted molar refractivity (Wildman–Crippen MR) is 74.5 cm³/mol. The number of benzene rings is 1. The Bertz CT molecular complexity index is 478. The van der Waals surface area contributed by atoms with Gasteiger partial charge in [-0.1, -0.05) is 28.1 Å². The summed E-state index contributed by atoms with van der Waals surface area (Å²) in [7, 11) is 1.93. The first-order valence-electron chi connectivity index (χ1n) is 5.49. The summed E-state index contributed by atoms with van der Waals surface area (Å²) in [4.78, 5) is 0. The molecule has 0 bridgehead atoms. The van der Waals surface area contributed by atoms with E-state index >= 15 is 0 Å². The molecule has 0 aliphatic heterocycles. The maximum absolute atomic E-state index is 6.05. The molecule has 0 saturated heterocycles. The first-order valence-corrected chi connectivity index (χ1v) is 6.81. The second-order valence-corrected chi connectivity index (χ2v) is 5.31. The number of hydrogen-bond donors (Lipinski definition) is 0. The Morgan fingerprint density at radius 1 is 1.29 bits per heavy atom. The zero-order valence-electron chi connectivity index (χ0n) is 9.61. The molecule has 2 rings (SSSR count). The molecule has 0 saturated carbocycles. The van der Waals surface area contributed by atoms with Crippen molar-refractivity contribution in [1.29, 1.82) is 0 Å². The van der Waals surface area contributed by atoms with Crippen LogP contribution in [0.5, 0.6) is 0 Å². The summed E-state index contributed by atoms with van der Waals surface area (Å²) in [6.07, 6.45) is 2.84. The highest BCUT2D eigenvalue weighted by molar-refractivity contribution is 9.10. The molecule has 90 valence electrons. The maximum atomic E-state index is 6.05. The van der Waals surface area contributed by atoms with Crippen LogP contribution in [0.2, 0.25) is 0 Å². The topological polar surface area (TPSA) is 17.8 Å². The molecule has 4 heteroatoms. The minimum absolute atomic E-state index is 0.319. The van der Waals surface area contributed by atoms with E-state index in [0.29, 0.717) is 11.8 Å². The van der Waals surface area contributed by atoms with Crippen molar-refractivity contribution in [3.05, 3.63) is 52.3 Å². The molecule has 1 unspecified atom stereocenters. The minimum atomic E-state index is 0.319. The Labute approximate surface area is 115 Å². The molecular formula is C13H14BrClN2. The highest BCUT2D eigenvalue weighted by Crippen LogP contribution is 2.23. The molecular weight excluding hydrogens is 300 g/mol. The molecule has 0 fully saturated rings. The molecule has 0 aliphatic carbocycles. The van der Waals surface area contributed by atoms with Gasteiger partial charge in [0.2, 0.25) is 0 Å². The minimum Gasteiger partial charge on any atom is -0.276 e. The quantitative estimate of drug-likeness (QED) is 0.786. The van der Waals surface area contributed by atoms with Crippen molar-refractivity contribution in [2.24, 2.45) is 7.05 Å². The van der Waals surface area contributed by atoms with Crippen molar-refractivity contribution in [3.8, 4) is 0 Å². The zero-order chi connectivity index (χ0) is 12.3. The van der Waals surface area contributed by atoms with E-state index in [9.17, 15) is 0 Å². The number of halogens is 2. The molecule has 1 aromatic carbocycles. The number of nitrogens with zero attached hydrogens (tertiary/aromatic N) is 2. The van der Waals surface area contributed by atoms with Gasteiger partial charge in [0.1, 0.15) is 0 Å². The van der Waals surface area contributed by atoms with E-state index in [2.05, 4.69) is 33.2 Å². The van der Waals surface area contributed by atoms with Gasteiger partial charge in [-0.3, -0.25) is 4.68 Å². The van der Waals surface area contributed by atoms with Crippen molar-refractivity contribution in [2.45, 2.75) is 12.3 Å². The molecule has 1 atom stereocenters. The molecule has 0 aliphatic rings. The van der Waals surface area contributed by atoms with Crippen LogP contribution in [0.15, 0.2) is 41.0 Å². The van der Waals surface area contributed by atoms with E-state index in [1.165, 1.54) is 5.56 Å². The fourth-order valence-corrected chi connectivity index (χ4v) is 2.37. The fourth-order valence-electron chi connectivity index (χ4n) is 1.82. The van der Waals surface area contributed by atoms with Crippen LogP contribution < -0.4 is 0 Å². The summed E-state index contributed by atoms with van der Waals surface area (Å²) in [5.74, 6) is 0.928. The fraction of sp³-hybridized carbons (Fsp3) is 0.308. The van der Waals surface area contributed by atoms with E-state index in [0.717, 1.165) is 16.6 Å². The molecule has 0 radical (unpaired) electrons. The summed E-state index contributed by atoms with van der Waals surface area (Å²) in [5.41, 5.74) is 2.34. The molecule has 0 spiro atoms. The van der Waals surface area contributed by atoms with Crippen molar-refractivity contribution < 1.29 is 0 Å². The van der Waals surface area contributed by atoms with Gasteiger partial charge in [0.15, 0.2) is 0 Å². The van der Waals surface area contributed by atoms with Crippen molar-refractivity contribution in [2.75, 3.05) is 5.88 Å². The van der Waals surface area contributed by atoms with E-state index in [1.54, 1.807) is 0 Å². The Balaban J connectivity index is 2.13. The van der Waals surface area contributed by atoms with Gasteiger partial charge in [-0.2, -0.15) is 5.10 Å². The second-order valence-electron chi connectivity index (χ2n) is 4.09. The molecule has 2 nitrogen and oxygen atoms in total. The lowest BCUT2D eigenvalue weighted by molar-refractivity contribution is 0.697. The molecule has 0 N–H and O–H groups in total. The van der Waals surface area contributed by atoms with Crippen molar-refractivity contribution in [3.63, 3.8) is 0 Å². The third-order valence-corrected chi connectivity index (χ3v) is 3.65. The summed E-state index contributed by atoms with van der Waals surface area (Å²) in [6, 6.07) is 10.4. The van der Waals surface area contributed by atoms with Crippen LogP contribution in [0.3, 0.4) is 0 Å². The molecule has 1 heterocycles. The van der Waals surface area contributed by atoms with Crippen LogP contribution in [0.25, 0.3) is 0 Å². The van der Waals surface area contributed by atoms with Gasteiger partial charge < -0.3 is 0 Å². The van der Waals surface area contributed by atoms with Crippen molar-refractivity contribution >= 4 is 27.5 Å². The highest BCUT2D eigenvalue weighted by atomic mass is 79.9. The predicted octanol–water partition coefficient (Wildman–Crippen LogP) is 3.75. The molecule has 1 aromatic heterocycles. The largest absolute Gasteiger partial charge is 0.276 e. The SMILES string of the molecule is Cn1ccc(CC(CCl)c2ccc(Br)cc2)n1. The van der Waals surface area contributed by atoms with Crippen LogP contribution in [0, 0.1) is 0 Å². The Hall–Kier alpha value is -0.800. The number of rotatable bonds is 4. The van der Waals surface area contributed by atoms with Crippen LogP contribution in [0.1, 0.15) is 17.2 Å². The monoisotopic (exact) mass is 312 g/mol. The first kappa shape index (κ1) is 12.7. The van der Waals surface area contributed by atoms with Gasteiger partial charge >= 0.3 is 0 Å². The second kappa shape index (κ2) is 5.69. The summed E-state index contributed by atoms with van der Waals surface area (Å²) < 4.78 is 2.91. The Morgan fingerprint density at radius 3 is 2.53 bits per heavy atom. The summed E-state index contributed by atoms with van der Waals surface area (Å²) in [6.45, 7) is 0. The van der Waals surface area contributed by atoms with Crippen LogP contribution in [-0.4, -0.2) is 15.7 Å². The average Bonchev–Trinajstić information content (AvgIpc) is 2.73. The Kier molecular flexibility index (Phi) is 4.24. The third-order valence-electron chi connectivity index (χ3n) is 2.75. The standard InChI is InChI=1S/C13H14BrClN2/c1-17-7-6-13(16-17)8-11(9-15)10-2-4-12(14)5-3-10/h2-7,11H,8-9H2,1H3. The van der Waals surface area contributed by atoms with Crippen molar-refractivity contribution in [1.82, 2.24) is 9.78 Å². The average molecular weight is 314 g/mol. The normalized spacial score (nSPS) is 12.6. The lowest BCUT2D eigenvalue weighted by atomic mass is 9.96. The third kappa shape index (κ3) is 3.33. The maximum Gasteiger partial charge on any atom is 0.0631 e. The van der Waals surface area contributed by atoms with Gasteiger partial charge in [-0.05, 0) is 30.2 Å². The first-order chi connectivity index (χ1) is 8.19. The van der Waals surface area contributed by atoms with Crippen LogP contribution >= 0.6 is 27.5 Å². The smallest absolute Gasteiger partial charge is 0.0631 e.